The number of aromatic nitrogens is 1. The lowest BCUT2D eigenvalue weighted by Crippen LogP contribution is -2.49. The summed E-state index contributed by atoms with van der Waals surface area (Å²) in [5.41, 5.74) is 4.28. The Morgan fingerprint density at radius 1 is 0.951 bits per heavy atom. The van der Waals surface area contributed by atoms with Crippen molar-refractivity contribution in [1.29, 1.82) is 0 Å². The van der Waals surface area contributed by atoms with E-state index in [-0.39, 0.29) is 23.6 Å². The number of anilines is 2. The van der Waals surface area contributed by atoms with Gasteiger partial charge in [-0.05, 0) is 38.0 Å². The van der Waals surface area contributed by atoms with Crippen molar-refractivity contribution in [1.82, 2.24) is 10.1 Å². The number of ketones is 1. The van der Waals surface area contributed by atoms with Crippen molar-refractivity contribution in [3.05, 3.63) is 65.6 Å². The number of benzene rings is 2. The zero-order valence-corrected chi connectivity index (χ0v) is 22.8. The lowest BCUT2D eigenvalue weighted by atomic mass is 9.85. The van der Waals surface area contributed by atoms with Crippen molar-refractivity contribution in [2.24, 2.45) is 5.92 Å². The highest BCUT2D eigenvalue weighted by Crippen LogP contribution is 2.47. The van der Waals surface area contributed by atoms with E-state index in [0.29, 0.717) is 86.9 Å². The molecule has 0 saturated carbocycles. The highest BCUT2D eigenvalue weighted by molar-refractivity contribution is 6.28. The van der Waals surface area contributed by atoms with E-state index in [1.54, 1.807) is 17.0 Å². The molecule has 1 amide bonds. The quantitative estimate of drug-likeness (QED) is 0.293. The number of carbonyl (C=O) groups excluding carboxylic acids is 3. The molecular formula is C31H30N4O6. The zero-order valence-electron chi connectivity index (χ0n) is 22.8. The Hall–Kier alpha value is -4.60. The zero-order chi connectivity index (χ0) is 28.1. The standard InChI is InChI=1S/C31H30N4O6/c1-2-39-31(38)19-9-11-33(12-10-19)23-18-22(34-13-15-35(16-14-34)30(37)24-8-5-17-40-24)25-26-27(23)32-41-29(26)21-7-4-3-6-20(21)28(25)36/h3-8,17-19H,2,9-16H2,1H3. The van der Waals surface area contributed by atoms with Crippen LogP contribution in [0.25, 0.3) is 22.2 Å². The van der Waals surface area contributed by atoms with Crippen LogP contribution in [0.3, 0.4) is 0 Å². The first-order valence-electron chi connectivity index (χ1n) is 14.1. The molecule has 4 aromatic rings. The summed E-state index contributed by atoms with van der Waals surface area (Å²) in [6, 6.07) is 12.9. The van der Waals surface area contributed by atoms with Crippen LogP contribution >= 0.6 is 0 Å². The van der Waals surface area contributed by atoms with Gasteiger partial charge in [-0.1, -0.05) is 29.4 Å². The lowest BCUT2D eigenvalue weighted by molar-refractivity contribution is -0.148. The van der Waals surface area contributed by atoms with Gasteiger partial charge in [-0.2, -0.15) is 0 Å². The summed E-state index contributed by atoms with van der Waals surface area (Å²) in [4.78, 5) is 45.5. The van der Waals surface area contributed by atoms with Crippen LogP contribution in [-0.4, -0.2) is 73.6 Å². The number of amides is 1. The van der Waals surface area contributed by atoms with Crippen LogP contribution < -0.4 is 9.80 Å². The molecule has 0 atom stereocenters. The van der Waals surface area contributed by atoms with Crippen molar-refractivity contribution in [2.45, 2.75) is 19.8 Å². The first-order valence-corrected chi connectivity index (χ1v) is 14.1. The molecule has 2 aromatic heterocycles. The first kappa shape index (κ1) is 25.4. The van der Waals surface area contributed by atoms with Gasteiger partial charge in [0.2, 0.25) is 0 Å². The number of ether oxygens (including phenoxy) is 1. The molecule has 10 heteroatoms. The van der Waals surface area contributed by atoms with Crippen LogP contribution in [0.15, 0.2) is 57.7 Å². The monoisotopic (exact) mass is 554 g/mol. The minimum absolute atomic E-state index is 0.0574. The average molecular weight is 555 g/mol. The number of rotatable bonds is 5. The van der Waals surface area contributed by atoms with Crippen molar-refractivity contribution in [3.63, 3.8) is 0 Å². The normalized spacial score (nSPS) is 17.2. The molecule has 1 aliphatic carbocycles. The first-order chi connectivity index (χ1) is 20.0. The highest BCUT2D eigenvalue weighted by Gasteiger charge is 2.37. The number of nitrogens with zero attached hydrogens (tertiary/aromatic N) is 4. The van der Waals surface area contributed by atoms with Gasteiger partial charge in [-0.3, -0.25) is 14.4 Å². The van der Waals surface area contributed by atoms with E-state index >= 15 is 0 Å². The topological polar surface area (TPSA) is 109 Å². The summed E-state index contributed by atoms with van der Waals surface area (Å²) in [6.45, 7) is 5.64. The van der Waals surface area contributed by atoms with Crippen LogP contribution in [0.1, 0.15) is 46.2 Å². The van der Waals surface area contributed by atoms with E-state index in [9.17, 15) is 14.4 Å². The Morgan fingerprint density at radius 3 is 2.39 bits per heavy atom. The Kier molecular flexibility index (Phi) is 6.25. The Bertz CT molecular complexity index is 1640. The fourth-order valence-corrected chi connectivity index (χ4v) is 6.34. The van der Waals surface area contributed by atoms with Gasteiger partial charge in [0, 0.05) is 50.4 Å². The largest absolute Gasteiger partial charge is 0.466 e. The molecule has 2 fully saturated rings. The second-order valence-corrected chi connectivity index (χ2v) is 10.7. The van der Waals surface area contributed by atoms with Crippen molar-refractivity contribution < 1.29 is 28.1 Å². The van der Waals surface area contributed by atoms with E-state index < -0.39 is 0 Å². The van der Waals surface area contributed by atoms with E-state index in [1.807, 2.05) is 37.3 Å². The molecule has 4 heterocycles. The third kappa shape index (κ3) is 4.16. The molecule has 10 nitrogen and oxygen atoms in total. The number of piperazine rings is 1. The predicted octanol–water partition coefficient (Wildman–Crippen LogP) is 4.37. The SMILES string of the molecule is CCOC(=O)C1CCN(c2cc(N3CCN(C(=O)c4ccco4)CC3)c3c4c(onc24)-c2ccccc2C3=O)CC1. The number of carbonyl (C=O) groups is 3. The smallest absolute Gasteiger partial charge is 0.309 e. The van der Waals surface area contributed by atoms with Gasteiger partial charge in [0.25, 0.3) is 5.91 Å². The molecule has 2 aliphatic heterocycles. The molecule has 3 aliphatic rings. The minimum atomic E-state index is -0.143. The minimum Gasteiger partial charge on any atom is -0.466 e. The van der Waals surface area contributed by atoms with Crippen LogP contribution in [0, 0.1) is 5.92 Å². The predicted molar refractivity (Wildman–Crippen MR) is 151 cm³/mol. The summed E-state index contributed by atoms with van der Waals surface area (Å²) >= 11 is 0. The van der Waals surface area contributed by atoms with E-state index in [1.165, 1.54) is 6.26 Å². The number of hydrogen-bond acceptors (Lipinski definition) is 9. The van der Waals surface area contributed by atoms with E-state index in [0.717, 1.165) is 22.3 Å². The van der Waals surface area contributed by atoms with Crippen LogP contribution in [0.5, 0.6) is 0 Å². The van der Waals surface area contributed by atoms with Gasteiger partial charge in [-0.25, -0.2) is 0 Å². The molecule has 0 bridgehead atoms. The summed E-state index contributed by atoms with van der Waals surface area (Å²) in [5, 5.41) is 5.21. The van der Waals surface area contributed by atoms with E-state index in [2.05, 4.69) is 15.0 Å². The Morgan fingerprint density at radius 2 is 1.68 bits per heavy atom. The number of hydrogen-bond donors (Lipinski definition) is 0. The van der Waals surface area contributed by atoms with Gasteiger partial charge in [0.15, 0.2) is 17.3 Å². The maximum atomic E-state index is 14.0. The van der Waals surface area contributed by atoms with Crippen molar-refractivity contribution in [3.8, 4) is 11.3 Å². The summed E-state index contributed by atoms with van der Waals surface area (Å²) < 4.78 is 16.5. The Balaban J connectivity index is 1.26. The Labute approximate surface area is 236 Å². The maximum Gasteiger partial charge on any atom is 0.309 e. The third-order valence-electron chi connectivity index (χ3n) is 8.45. The molecule has 7 rings (SSSR count). The van der Waals surface area contributed by atoms with Crippen molar-refractivity contribution >= 4 is 39.9 Å². The fourth-order valence-electron chi connectivity index (χ4n) is 6.34. The molecule has 0 unspecified atom stereocenters. The molecular weight excluding hydrogens is 524 g/mol. The van der Waals surface area contributed by atoms with Crippen LogP contribution in [0.2, 0.25) is 0 Å². The van der Waals surface area contributed by atoms with Gasteiger partial charge in [0.1, 0.15) is 5.52 Å². The fraction of sp³-hybridized carbons (Fsp3) is 0.355. The van der Waals surface area contributed by atoms with Crippen LogP contribution in [-0.2, 0) is 9.53 Å². The number of furan rings is 1. The van der Waals surface area contributed by atoms with Gasteiger partial charge >= 0.3 is 5.97 Å². The molecule has 0 N–H and O–H groups in total. The molecule has 41 heavy (non-hydrogen) atoms. The second kappa shape index (κ2) is 10.1. The van der Waals surface area contributed by atoms with Crippen LogP contribution in [0.4, 0.5) is 11.4 Å². The molecule has 2 saturated heterocycles. The van der Waals surface area contributed by atoms with Gasteiger partial charge in [0.05, 0.1) is 41.1 Å². The maximum absolute atomic E-state index is 14.0. The summed E-state index contributed by atoms with van der Waals surface area (Å²) in [5.74, 6) is 0.461. The number of esters is 1. The van der Waals surface area contributed by atoms with Gasteiger partial charge < -0.3 is 28.4 Å². The highest BCUT2D eigenvalue weighted by atomic mass is 16.5. The molecule has 0 spiro atoms. The molecule has 210 valence electrons. The van der Waals surface area contributed by atoms with Gasteiger partial charge in [-0.15, -0.1) is 0 Å². The molecule has 0 radical (unpaired) electrons. The molecule has 2 aromatic carbocycles. The summed E-state index contributed by atoms with van der Waals surface area (Å²) in [6.07, 6.45) is 2.86. The number of piperidine rings is 1. The lowest BCUT2D eigenvalue weighted by Gasteiger charge is -2.38. The summed E-state index contributed by atoms with van der Waals surface area (Å²) in [7, 11) is 0. The van der Waals surface area contributed by atoms with Crippen molar-refractivity contribution in [2.75, 3.05) is 55.7 Å². The third-order valence-corrected chi connectivity index (χ3v) is 8.45. The average Bonchev–Trinajstić information content (AvgIpc) is 3.71. The van der Waals surface area contributed by atoms with E-state index in [4.69, 9.17) is 13.7 Å². The second-order valence-electron chi connectivity index (χ2n) is 10.7. The number of fused-ring (bicyclic) bond motifs is 2.